The molecule has 6 heteroatoms. The van der Waals surface area contributed by atoms with Gasteiger partial charge in [0.15, 0.2) is 6.10 Å². The van der Waals surface area contributed by atoms with Crippen molar-refractivity contribution in [3.63, 3.8) is 0 Å². The smallest absolute Gasteiger partial charge is 0.334 e. The normalized spacial score (nSPS) is 18.7. The molecular formula is C10H18N2O4. The zero-order valence-electron chi connectivity index (χ0n) is 9.19. The summed E-state index contributed by atoms with van der Waals surface area (Å²) in [6.07, 6.45) is 2.68. The highest BCUT2D eigenvalue weighted by molar-refractivity contribution is 5.76. The molecule has 2 amide bonds. The Morgan fingerprint density at radius 3 is 2.25 bits per heavy atom. The first-order valence-electron chi connectivity index (χ1n) is 5.55. The van der Waals surface area contributed by atoms with Crippen LogP contribution in [0, 0.1) is 0 Å². The Balaban J connectivity index is 2.30. The van der Waals surface area contributed by atoms with Crippen LogP contribution in [0.3, 0.4) is 0 Å². The van der Waals surface area contributed by atoms with Gasteiger partial charge in [-0.3, -0.25) is 0 Å². The van der Waals surface area contributed by atoms with Crippen LogP contribution in [-0.2, 0) is 4.79 Å². The first-order chi connectivity index (χ1) is 7.61. The van der Waals surface area contributed by atoms with Gasteiger partial charge in [-0.2, -0.15) is 0 Å². The third-order valence-electron chi connectivity index (χ3n) is 2.62. The lowest BCUT2D eigenvalue weighted by Gasteiger charge is -2.21. The maximum Gasteiger partial charge on any atom is 0.334 e. The van der Waals surface area contributed by atoms with Gasteiger partial charge >= 0.3 is 12.0 Å². The highest BCUT2D eigenvalue weighted by Crippen LogP contribution is 2.09. The summed E-state index contributed by atoms with van der Waals surface area (Å²) in [5.41, 5.74) is 0. The van der Waals surface area contributed by atoms with E-state index in [4.69, 9.17) is 10.2 Å². The first kappa shape index (κ1) is 12.8. The fourth-order valence-electron chi connectivity index (χ4n) is 1.66. The molecule has 0 bridgehead atoms. The van der Waals surface area contributed by atoms with E-state index in [1.165, 1.54) is 0 Å². The Hall–Kier alpha value is -1.30. The van der Waals surface area contributed by atoms with Gasteiger partial charge in [0, 0.05) is 13.1 Å². The van der Waals surface area contributed by atoms with Crippen LogP contribution in [0.25, 0.3) is 0 Å². The van der Waals surface area contributed by atoms with Gasteiger partial charge in [-0.25, -0.2) is 9.59 Å². The number of carboxylic acid groups (broad SMARTS) is 1. The number of carbonyl (C=O) groups is 2. The topological polar surface area (TPSA) is 89.9 Å². The van der Waals surface area contributed by atoms with Gasteiger partial charge in [-0.1, -0.05) is 12.8 Å². The molecule has 92 valence electrons. The summed E-state index contributed by atoms with van der Waals surface area (Å²) in [7, 11) is 0. The van der Waals surface area contributed by atoms with Gasteiger partial charge in [0.2, 0.25) is 0 Å². The number of hydrogen-bond acceptors (Lipinski definition) is 3. The zero-order chi connectivity index (χ0) is 12.0. The van der Waals surface area contributed by atoms with Gasteiger partial charge in [0.1, 0.15) is 0 Å². The summed E-state index contributed by atoms with van der Waals surface area (Å²) in [6.45, 7) is 1.16. The van der Waals surface area contributed by atoms with Crippen LogP contribution in [0.15, 0.2) is 0 Å². The molecule has 1 saturated heterocycles. The third kappa shape index (κ3) is 4.06. The number of urea groups is 1. The second-order valence-corrected chi connectivity index (χ2v) is 3.94. The Labute approximate surface area is 94.2 Å². The van der Waals surface area contributed by atoms with E-state index < -0.39 is 12.1 Å². The van der Waals surface area contributed by atoms with Crippen LogP contribution in [-0.4, -0.2) is 52.9 Å². The number of carbonyl (C=O) groups excluding carboxylic acids is 1. The molecule has 0 unspecified atom stereocenters. The van der Waals surface area contributed by atoms with Crippen molar-refractivity contribution in [1.82, 2.24) is 10.2 Å². The summed E-state index contributed by atoms with van der Waals surface area (Å²) >= 11 is 0. The number of carboxylic acids is 1. The molecule has 1 fully saturated rings. The number of aliphatic hydroxyl groups is 1. The minimum absolute atomic E-state index is 0.245. The van der Waals surface area contributed by atoms with E-state index in [9.17, 15) is 9.59 Å². The van der Waals surface area contributed by atoms with Crippen LogP contribution in [0.5, 0.6) is 0 Å². The predicted molar refractivity (Wildman–Crippen MR) is 57.1 cm³/mol. The second kappa shape index (κ2) is 6.32. The number of nitrogens with zero attached hydrogens (tertiary/aromatic N) is 1. The second-order valence-electron chi connectivity index (χ2n) is 3.94. The summed E-state index contributed by atoms with van der Waals surface area (Å²) < 4.78 is 0. The van der Waals surface area contributed by atoms with Crippen molar-refractivity contribution in [1.29, 1.82) is 0 Å². The van der Waals surface area contributed by atoms with Gasteiger partial charge < -0.3 is 20.4 Å². The molecule has 6 nitrogen and oxygen atoms in total. The van der Waals surface area contributed by atoms with E-state index in [1.807, 2.05) is 0 Å². The number of aliphatic hydroxyl groups excluding tert-OH is 1. The Morgan fingerprint density at radius 2 is 1.75 bits per heavy atom. The Morgan fingerprint density at radius 1 is 1.19 bits per heavy atom. The fraction of sp³-hybridized carbons (Fsp3) is 0.800. The molecule has 16 heavy (non-hydrogen) atoms. The molecule has 1 rings (SSSR count). The number of amides is 2. The Bertz CT molecular complexity index is 249. The van der Waals surface area contributed by atoms with Crippen LogP contribution in [0.1, 0.15) is 25.7 Å². The van der Waals surface area contributed by atoms with E-state index in [-0.39, 0.29) is 12.6 Å². The van der Waals surface area contributed by atoms with Crippen LogP contribution in [0.2, 0.25) is 0 Å². The van der Waals surface area contributed by atoms with Gasteiger partial charge in [-0.15, -0.1) is 0 Å². The third-order valence-corrected chi connectivity index (χ3v) is 2.62. The lowest BCUT2D eigenvalue weighted by Crippen LogP contribution is -2.44. The average molecular weight is 230 g/mol. The maximum absolute atomic E-state index is 11.6. The molecule has 3 N–H and O–H groups in total. The van der Waals surface area contributed by atoms with Crippen molar-refractivity contribution < 1.29 is 19.8 Å². The number of aliphatic carboxylic acids is 1. The minimum Gasteiger partial charge on any atom is -0.479 e. The molecule has 0 aromatic rings. The molecule has 0 aromatic heterocycles. The van der Waals surface area contributed by atoms with Gasteiger partial charge in [-0.05, 0) is 12.8 Å². The van der Waals surface area contributed by atoms with Crippen molar-refractivity contribution in [2.45, 2.75) is 31.8 Å². The SMILES string of the molecule is O=C(O)[C@@H](O)CNC(=O)N1CCCCCC1. The van der Waals surface area contributed by atoms with Crippen molar-refractivity contribution in [3.05, 3.63) is 0 Å². The monoisotopic (exact) mass is 230 g/mol. The van der Waals surface area contributed by atoms with Crippen molar-refractivity contribution >= 4 is 12.0 Å². The number of nitrogens with one attached hydrogen (secondary N) is 1. The number of likely N-dealkylation sites (tertiary alicyclic amines) is 1. The summed E-state index contributed by atoms with van der Waals surface area (Å²) in [4.78, 5) is 23.6. The Kier molecular flexibility index (Phi) is 5.04. The van der Waals surface area contributed by atoms with E-state index in [0.717, 1.165) is 25.7 Å². The lowest BCUT2D eigenvalue weighted by molar-refractivity contribution is -0.146. The molecule has 0 radical (unpaired) electrons. The van der Waals surface area contributed by atoms with Gasteiger partial charge in [0.25, 0.3) is 0 Å². The van der Waals surface area contributed by atoms with Crippen LogP contribution < -0.4 is 5.32 Å². The predicted octanol–water partition coefficient (Wildman–Crippen LogP) is 0.0175. The highest BCUT2D eigenvalue weighted by Gasteiger charge is 2.18. The molecule has 1 atom stereocenters. The highest BCUT2D eigenvalue weighted by atomic mass is 16.4. The van der Waals surface area contributed by atoms with Crippen molar-refractivity contribution in [2.24, 2.45) is 0 Å². The van der Waals surface area contributed by atoms with Crippen molar-refractivity contribution in [2.75, 3.05) is 19.6 Å². The lowest BCUT2D eigenvalue weighted by atomic mass is 10.2. The molecule has 0 aromatic carbocycles. The van der Waals surface area contributed by atoms with E-state index in [1.54, 1.807) is 4.90 Å². The number of hydrogen-bond donors (Lipinski definition) is 3. The summed E-state index contributed by atoms with van der Waals surface area (Å²) in [5, 5.41) is 19.8. The molecule has 1 heterocycles. The van der Waals surface area contributed by atoms with E-state index >= 15 is 0 Å². The molecule has 1 aliphatic heterocycles. The quantitative estimate of drug-likeness (QED) is 0.637. The summed E-state index contributed by atoms with van der Waals surface area (Å²) in [6, 6.07) is -0.290. The van der Waals surface area contributed by atoms with E-state index in [0.29, 0.717) is 13.1 Å². The van der Waals surface area contributed by atoms with E-state index in [2.05, 4.69) is 5.32 Å². The zero-order valence-corrected chi connectivity index (χ0v) is 9.19. The molecule has 1 aliphatic rings. The van der Waals surface area contributed by atoms with Gasteiger partial charge in [0.05, 0.1) is 6.54 Å². The molecule has 0 aliphatic carbocycles. The first-order valence-corrected chi connectivity index (χ1v) is 5.55. The minimum atomic E-state index is -1.53. The molecular weight excluding hydrogens is 212 g/mol. The molecule has 0 saturated carbocycles. The van der Waals surface area contributed by atoms with Crippen molar-refractivity contribution in [3.8, 4) is 0 Å². The largest absolute Gasteiger partial charge is 0.479 e. The van der Waals surface area contributed by atoms with Crippen LogP contribution in [0.4, 0.5) is 4.79 Å². The number of rotatable bonds is 3. The van der Waals surface area contributed by atoms with Crippen LogP contribution >= 0.6 is 0 Å². The average Bonchev–Trinajstić information content (AvgIpc) is 2.53. The molecule has 0 spiro atoms. The fourth-order valence-corrected chi connectivity index (χ4v) is 1.66. The maximum atomic E-state index is 11.6. The standard InChI is InChI=1S/C10H18N2O4/c13-8(9(14)15)7-11-10(16)12-5-3-1-2-4-6-12/h8,13H,1-7H2,(H,11,16)(H,14,15)/t8-/m0/s1. The summed E-state index contributed by atoms with van der Waals surface area (Å²) in [5.74, 6) is -1.32.